The molecule has 35 heavy (non-hydrogen) atoms. The second kappa shape index (κ2) is 10.2. The lowest BCUT2D eigenvalue weighted by molar-refractivity contribution is -0.116. The fraction of sp³-hybridized carbons (Fsp3) is 0.192. The minimum atomic E-state index is -0.544. The number of carbonyl (C=O) groups excluding carboxylic acids is 2. The predicted molar refractivity (Wildman–Crippen MR) is 132 cm³/mol. The maximum atomic E-state index is 13.2. The average Bonchev–Trinajstić information content (AvgIpc) is 3.18. The van der Waals surface area contributed by atoms with E-state index in [-0.39, 0.29) is 24.7 Å². The quantitative estimate of drug-likeness (QED) is 0.413. The van der Waals surface area contributed by atoms with Gasteiger partial charge < -0.3 is 10.1 Å². The van der Waals surface area contributed by atoms with Crippen LogP contribution in [0.4, 0.5) is 5.69 Å². The lowest BCUT2D eigenvalue weighted by Crippen LogP contribution is -2.32. The molecule has 0 aliphatic heterocycles. The lowest BCUT2D eigenvalue weighted by Gasteiger charge is -2.15. The van der Waals surface area contributed by atoms with Crippen molar-refractivity contribution in [3.63, 3.8) is 0 Å². The van der Waals surface area contributed by atoms with Crippen LogP contribution in [-0.2, 0) is 16.1 Å². The number of esters is 1. The van der Waals surface area contributed by atoms with Crippen LogP contribution < -0.4 is 10.9 Å². The zero-order chi connectivity index (χ0) is 24.9. The van der Waals surface area contributed by atoms with Gasteiger partial charge >= 0.3 is 5.97 Å². The van der Waals surface area contributed by atoms with E-state index in [0.29, 0.717) is 11.4 Å². The van der Waals surface area contributed by atoms with Crippen LogP contribution in [0.3, 0.4) is 0 Å². The minimum Gasteiger partial charge on any atom is -0.462 e. The summed E-state index contributed by atoms with van der Waals surface area (Å²) in [7, 11) is 0. The number of hydrogen-bond donors (Lipinski definition) is 1. The second-order valence-corrected chi connectivity index (χ2v) is 7.88. The van der Waals surface area contributed by atoms with E-state index in [4.69, 9.17) is 4.74 Å². The molecule has 0 atom stereocenters. The standard InChI is InChI=1S/C26H25N5O4/c1-4-35-25(34)20-12-8-9-13-21(20)27-23(32)16-30-24(33)15-22(19-10-6-5-7-11-19)28-26(30)31-18(3)14-17(2)29-31/h5-15H,4,16H2,1-3H3,(H,27,32). The molecule has 9 nitrogen and oxygen atoms in total. The minimum absolute atomic E-state index is 0.210. The van der Waals surface area contributed by atoms with Gasteiger partial charge in [-0.15, -0.1) is 0 Å². The smallest absolute Gasteiger partial charge is 0.340 e. The van der Waals surface area contributed by atoms with Crippen molar-refractivity contribution in [3.05, 3.63) is 94.0 Å². The molecule has 0 aliphatic carbocycles. The number of aryl methyl sites for hydroxylation is 2. The molecular weight excluding hydrogens is 446 g/mol. The third-order valence-electron chi connectivity index (χ3n) is 5.25. The highest BCUT2D eigenvalue weighted by molar-refractivity contribution is 6.01. The number of nitrogens with one attached hydrogen (secondary N) is 1. The van der Waals surface area contributed by atoms with Gasteiger partial charge in [-0.25, -0.2) is 14.5 Å². The second-order valence-electron chi connectivity index (χ2n) is 7.88. The lowest BCUT2D eigenvalue weighted by atomic mass is 10.1. The van der Waals surface area contributed by atoms with Crippen LogP contribution in [0.15, 0.2) is 71.5 Å². The Labute approximate surface area is 202 Å². The highest BCUT2D eigenvalue weighted by Gasteiger charge is 2.19. The number of rotatable bonds is 7. The first-order valence-corrected chi connectivity index (χ1v) is 11.1. The molecule has 0 unspecified atom stereocenters. The van der Waals surface area contributed by atoms with E-state index in [9.17, 15) is 14.4 Å². The third-order valence-corrected chi connectivity index (χ3v) is 5.25. The summed E-state index contributed by atoms with van der Waals surface area (Å²) in [6.45, 7) is 5.28. The summed E-state index contributed by atoms with van der Waals surface area (Å²) >= 11 is 0. The number of nitrogens with zero attached hydrogens (tertiary/aromatic N) is 4. The molecule has 2 aromatic carbocycles. The van der Waals surface area contributed by atoms with Crippen LogP contribution in [0.5, 0.6) is 0 Å². The Balaban J connectivity index is 1.72. The SMILES string of the molecule is CCOC(=O)c1ccccc1NC(=O)Cn1c(-n2nc(C)cc2C)nc(-c2ccccc2)cc1=O. The van der Waals surface area contributed by atoms with Crippen LogP contribution in [0, 0.1) is 13.8 Å². The maximum absolute atomic E-state index is 13.2. The third kappa shape index (κ3) is 5.19. The van der Waals surface area contributed by atoms with Crippen LogP contribution in [-0.4, -0.2) is 37.8 Å². The first-order chi connectivity index (χ1) is 16.9. The van der Waals surface area contributed by atoms with Crippen LogP contribution in [0.1, 0.15) is 28.7 Å². The summed E-state index contributed by atoms with van der Waals surface area (Å²) in [6, 6.07) is 19.1. The Kier molecular flexibility index (Phi) is 6.86. The van der Waals surface area contributed by atoms with E-state index in [2.05, 4.69) is 15.4 Å². The first kappa shape index (κ1) is 23.6. The summed E-state index contributed by atoms with van der Waals surface area (Å²) in [4.78, 5) is 43.2. The van der Waals surface area contributed by atoms with Gasteiger partial charge in [0, 0.05) is 17.3 Å². The van der Waals surface area contributed by atoms with Gasteiger partial charge in [-0.1, -0.05) is 42.5 Å². The zero-order valence-electron chi connectivity index (χ0n) is 19.7. The molecule has 0 bridgehead atoms. The summed E-state index contributed by atoms with van der Waals surface area (Å²) in [5.41, 5.74) is 2.88. The van der Waals surface area contributed by atoms with Gasteiger partial charge in [0.1, 0.15) is 6.54 Å². The molecule has 0 saturated heterocycles. The van der Waals surface area contributed by atoms with Crippen molar-refractivity contribution in [1.29, 1.82) is 0 Å². The van der Waals surface area contributed by atoms with E-state index < -0.39 is 17.4 Å². The summed E-state index contributed by atoms with van der Waals surface area (Å²) in [6.07, 6.45) is 0. The van der Waals surface area contributed by atoms with Crippen molar-refractivity contribution >= 4 is 17.6 Å². The molecule has 2 aromatic heterocycles. The number of hydrogen-bond acceptors (Lipinski definition) is 6. The normalized spacial score (nSPS) is 10.7. The fourth-order valence-corrected chi connectivity index (χ4v) is 3.70. The topological polar surface area (TPSA) is 108 Å². The van der Waals surface area contributed by atoms with Gasteiger partial charge in [0.25, 0.3) is 5.56 Å². The van der Waals surface area contributed by atoms with Crippen LogP contribution >= 0.6 is 0 Å². The molecule has 4 rings (SSSR count). The molecule has 178 valence electrons. The highest BCUT2D eigenvalue weighted by Crippen LogP contribution is 2.19. The van der Waals surface area contributed by atoms with Crippen molar-refractivity contribution in [2.45, 2.75) is 27.3 Å². The van der Waals surface area contributed by atoms with E-state index in [1.165, 1.54) is 10.6 Å². The molecule has 9 heteroatoms. The number of para-hydroxylation sites is 1. The van der Waals surface area contributed by atoms with Gasteiger partial charge in [-0.05, 0) is 39.0 Å². The number of aromatic nitrogens is 4. The molecule has 0 spiro atoms. The Bertz CT molecular complexity index is 1440. The first-order valence-electron chi connectivity index (χ1n) is 11.1. The van der Waals surface area contributed by atoms with Crippen molar-refractivity contribution in [1.82, 2.24) is 19.3 Å². The zero-order valence-corrected chi connectivity index (χ0v) is 19.7. The average molecular weight is 472 g/mol. The van der Waals surface area contributed by atoms with E-state index >= 15 is 0 Å². The molecule has 0 saturated carbocycles. The van der Waals surface area contributed by atoms with Crippen LogP contribution in [0.25, 0.3) is 17.2 Å². The summed E-state index contributed by atoms with van der Waals surface area (Å²) in [5, 5.41) is 7.18. The highest BCUT2D eigenvalue weighted by atomic mass is 16.5. The fourth-order valence-electron chi connectivity index (χ4n) is 3.70. The van der Waals surface area contributed by atoms with E-state index in [1.807, 2.05) is 50.2 Å². The molecule has 0 aliphatic rings. The van der Waals surface area contributed by atoms with Crippen molar-refractivity contribution < 1.29 is 14.3 Å². The molecular formula is C26H25N5O4. The molecule has 2 heterocycles. The van der Waals surface area contributed by atoms with Gasteiger partial charge in [0.05, 0.1) is 29.2 Å². The number of ether oxygens (including phenoxy) is 1. The molecule has 4 aromatic rings. The summed E-state index contributed by atoms with van der Waals surface area (Å²) < 4.78 is 7.87. The largest absolute Gasteiger partial charge is 0.462 e. The van der Waals surface area contributed by atoms with E-state index in [1.54, 1.807) is 35.9 Å². The van der Waals surface area contributed by atoms with Gasteiger partial charge in [-0.2, -0.15) is 5.10 Å². The molecule has 1 amide bonds. The maximum Gasteiger partial charge on any atom is 0.340 e. The number of benzene rings is 2. The Hall–Kier alpha value is -4.53. The molecule has 1 N–H and O–H groups in total. The van der Waals surface area contributed by atoms with Gasteiger partial charge in [0.2, 0.25) is 11.9 Å². The van der Waals surface area contributed by atoms with E-state index in [0.717, 1.165) is 17.0 Å². The summed E-state index contributed by atoms with van der Waals surface area (Å²) in [5.74, 6) is -0.825. The molecule has 0 radical (unpaired) electrons. The van der Waals surface area contributed by atoms with Crippen LogP contribution in [0.2, 0.25) is 0 Å². The van der Waals surface area contributed by atoms with Crippen molar-refractivity contribution in [2.75, 3.05) is 11.9 Å². The predicted octanol–water partition coefficient (Wildman–Crippen LogP) is 3.53. The monoisotopic (exact) mass is 471 g/mol. The Morgan fingerprint density at radius 1 is 1.00 bits per heavy atom. The van der Waals surface area contributed by atoms with Gasteiger partial charge in [-0.3, -0.25) is 14.2 Å². The van der Waals surface area contributed by atoms with Crippen molar-refractivity contribution in [3.8, 4) is 17.2 Å². The Morgan fingerprint density at radius 2 is 1.71 bits per heavy atom. The number of amides is 1. The van der Waals surface area contributed by atoms with Gasteiger partial charge in [0.15, 0.2) is 0 Å². The van der Waals surface area contributed by atoms with Crippen molar-refractivity contribution in [2.24, 2.45) is 0 Å². The number of anilines is 1. The number of carbonyl (C=O) groups is 2. The Morgan fingerprint density at radius 3 is 2.40 bits per heavy atom. The molecule has 0 fully saturated rings.